The van der Waals surface area contributed by atoms with Crippen molar-refractivity contribution >= 4 is 35.5 Å². The Hall–Kier alpha value is -0.560. The molecule has 116 valence electrons. The van der Waals surface area contributed by atoms with Crippen molar-refractivity contribution in [2.45, 2.75) is 37.4 Å². The van der Waals surface area contributed by atoms with Crippen molar-refractivity contribution in [3.8, 4) is 0 Å². The third-order valence-electron chi connectivity index (χ3n) is 2.98. The predicted molar refractivity (Wildman–Crippen MR) is 85.7 cm³/mol. The van der Waals surface area contributed by atoms with Crippen molar-refractivity contribution in [2.24, 2.45) is 0 Å². The van der Waals surface area contributed by atoms with Crippen LogP contribution < -0.4 is 10.6 Å². The molecule has 0 aliphatic carbocycles. The minimum absolute atomic E-state index is 0.0910. The van der Waals surface area contributed by atoms with Gasteiger partial charge in [-0.15, -0.1) is 0 Å². The fraction of sp³-hybridized carbons (Fsp3) is 0.846. The van der Waals surface area contributed by atoms with E-state index in [1.165, 1.54) is 11.5 Å². The number of amides is 2. The van der Waals surface area contributed by atoms with Gasteiger partial charge in [-0.2, -0.15) is 23.5 Å². The summed E-state index contributed by atoms with van der Waals surface area (Å²) in [7, 11) is 0. The highest BCUT2D eigenvalue weighted by atomic mass is 32.2. The highest BCUT2D eigenvalue weighted by molar-refractivity contribution is 8.06. The molecule has 0 spiro atoms. The van der Waals surface area contributed by atoms with E-state index in [-0.39, 0.29) is 12.5 Å². The lowest BCUT2D eigenvalue weighted by atomic mass is 10.1. The Bertz CT molecular complexity index is 297. The first-order valence-electron chi connectivity index (χ1n) is 7.11. The first kappa shape index (κ1) is 17.5. The molecule has 2 amide bonds. The summed E-state index contributed by atoms with van der Waals surface area (Å²) in [5.41, 5.74) is 0. The third-order valence-corrected chi connectivity index (χ3v) is 5.82. The maximum atomic E-state index is 11.5. The van der Waals surface area contributed by atoms with Crippen LogP contribution in [0.25, 0.3) is 0 Å². The van der Waals surface area contributed by atoms with Gasteiger partial charge < -0.3 is 15.7 Å². The number of carbonyl (C=O) groups is 2. The number of nitrogens with one attached hydrogen (secondary N) is 2. The second-order valence-corrected chi connectivity index (χ2v) is 7.32. The molecule has 1 fully saturated rings. The van der Waals surface area contributed by atoms with Crippen LogP contribution in [0.4, 0.5) is 4.79 Å². The topological polar surface area (TPSA) is 78.4 Å². The average molecular weight is 320 g/mol. The van der Waals surface area contributed by atoms with Gasteiger partial charge in [-0.3, -0.25) is 4.79 Å². The van der Waals surface area contributed by atoms with Crippen LogP contribution >= 0.6 is 23.5 Å². The maximum Gasteiger partial charge on any atom is 0.314 e. The molecule has 5 nitrogen and oxygen atoms in total. The number of unbranched alkanes of at least 4 members (excludes halogenated alkanes) is 3. The van der Waals surface area contributed by atoms with Gasteiger partial charge in [0.2, 0.25) is 0 Å². The van der Waals surface area contributed by atoms with Gasteiger partial charge in [0.25, 0.3) is 0 Å². The van der Waals surface area contributed by atoms with E-state index in [1.807, 2.05) is 23.5 Å². The van der Waals surface area contributed by atoms with E-state index in [2.05, 4.69) is 10.6 Å². The quantitative estimate of drug-likeness (QED) is 0.568. The van der Waals surface area contributed by atoms with E-state index in [0.717, 1.165) is 38.0 Å². The summed E-state index contributed by atoms with van der Waals surface area (Å²) in [4.78, 5) is 21.9. The van der Waals surface area contributed by atoms with Crippen LogP contribution in [-0.4, -0.2) is 52.7 Å². The van der Waals surface area contributed by atoms with Crippen molar-refractivity contribution in [3.63, 3.8) is 0 Å². The summed E-state index contributed by atoms with van der Waals surface area (Å²) in [6.07, 6.45) is 3.73. The highest BCUT2D eigenvalue weighted by Crippen LogP contribution is 2.23. The maximum absolute atomic E-state index is 11.5. The molecule has 7 heteroatoms. The van der Waals surface area contributed by atoms with E-state index < -0.39 is 5.97 Å². The first-order valence-corrected chi connectivity index (χ1v) is 9.31. The molecule has 1 saturated heterocycles. The Labute approximate surface area is 129 Å². The van der Waals surface area contributed by atoms with Gasteiger partial charge in [-0.25, -0.2) is 4.79 Å². The van der Waals surface area contributed by atoms with Crippen LogP contribution in [0.2, 0.25) is 0 Å². The van der Waals surface area contributed by atoms with Crippen LogP contribution in [0.3, 0.4) is 0 Å². The molecule has 1 rings (SSSR count). The summed E-state index contributed by atoms with van der Waals surface area (Å²) in [6.45, 7) is 1.40. The monoisotopic (exact) mass is 320 g/mol. The lowest BCUT2D eigenvalue weighted by Gasteiger charge is -2.21. The fourth-order valence-electron chi connectivity index (χ4n) is 1.88. The van der Waals surface area contributed by atoms with Crippen molar-refractivity contribution < 1.29 is 14.7 Å². The molecule has 20 heavy (non-hydrogen) atoms. The van der Waals surface area contributed by atoms with E-state index in [9.17, 15) is 9.59 Å². The Morgan fingerprint density at radius 2 is 1.90 bits per heavy atom. The van der Waals surface area contributed by atoms with Crippen molar-refractivity contribution in [2.75, 3.05) is 30.3 Å². The molecule has 1 atom stereocenters. The van der Waals surface area contributed by atoms with Crippen molar-refractivity contribution in [3.05, 3.63) is 0 Å². The zero-order valence-corrected chi connectivity index (χ0v) is 13.4. The lowest BCUT2D eigenvalue weighted by Crippen LogP contribution is -2.40. The van der Waals surface area contributed by atoms with E-state index in [1.54, 1.807) is 0 Å². The Morgan fingerprint density at radius 1 is 1.10 bits per heavy atom. The van der Waals surface area contributed by atoms with Crippen LogP contribution in [0.5, 0.6) is 0 Å². The van der Waals surface area contributed by atoms with Gasteiger partial charge in [0, 0.05) is 42.0 Å². The number of rotatable bonds is 9. The molecule has 0 bridgehead atoms. The molecule has 1 aliphatic heterocycles. The molecular weight excluding hydrogens is 296 g/mol. The summed E-state index contributed by atoms with van der Waals surface area (Å²) in [5, 5.41) is 14.8. The van der Waals surface area contributed by atoms with Crippen LogP contribution in [-0.2, 0) is 4.79 Å². The minimum atomic E-state index is -0.735. The molecule has 1 heterocycles. The van der Waals surface area contributed by atoms with Gasteiger partial charge in [-0.05, 0) is 12.8 Å². The summed E-state index contributed by atoms with van der Waals surface area (Å²) >= 11 is 3.89. The van der Waals surface area contributed by atoms with Crippen molar-refractivity contribution in [1.82, 2.24) is 10.6 Å². The van der Waals surface area contributed by atoms with Crippen LogP contribution in [0.1, 0.15) is 32.1 Å². The number of urea groups is 1. The zero-order valence-electron chi connectivity index (χ0n) is 11.7. The normalized spacial score (nSPS) is 18.5. The molecule has 0 aromatic heterocycles. The Balaban J connectivity index is 1.88. The number of carboxylic acids is 1. The Morgan fingerprint density at radius 3 is 2.60 bits per heavy atom. The minimum Gasteiger partial charge on any atom is -0.481 e. The molecular formula is C13H24N2O3S2. The number of thioether (sulfide) groups is 2. The molecule has 3 N–H and O–H groups in total. The van der Waals surface area contributed by atoms with Gasteiger partial charge in [-0.1, -0.05) is 12.8 Å². The van der Waals surface area contributed by atoms with Crippen LogP contribution in [0.15, 0.2) is 0 Å². The van der Waals surface area contributed by atoms with E-state index in [4.69, 9.17) is 5.11 Å². The molecule has 1 aliphatic rings. The smallest absolute Gasteiger partial charge is 0.314 e. The molecule has 0 radical (unpaired) electrons. The van der Waals surface area contributed by atoms with E-state index >= 15 is 0 Å². The number of hydrogen-bond donors (Lipinski definition) is 3. The number of hydrogen-bond acceptors (Lipinski definition) is 4. The average Bonchev–Trinajstić information content (AvgIpc) is 2.45. The lowest BCUT2D eigenvalue weighted by molar-refractivity contribution is -0.137. The number of carboxylic acid groups (broad SMARTS) is 1. The second kappa shape index (κ2) is 11.1. The Kier molecular flexibility index (Phi) is 9.74. The van der Waals surface area contributed by atoms with Crippen molar-refractivity contribution in [1.29, 1.82) is 0 Å². The largest absolute Gasteiger partial charge is 0.481 e. The standard InChI is InChI=1S/C13H24N2O3S2/c16-12(17)5-3-1-2-4-6-14-13(18)15-9-11-10-19-7-8-20-11/h11H,1-10H2,(H,16,17)(H2,14,15,18). The van der Waals surface area contributed by atoms with Gasteiger partial charge >= 0.3 is 12.0 Å². The predicted octanol–water partition coefficient (Wildman–Crippen LogP) is 2.17. The van der Waals surface area contributed by atoms with E-state index in [0.29, 0.717) is 11.8 Å². The number of aliphatic carboxylic acids is 1. The molecule has 0 saturated carbocycles. The molecule has 0 aromatic rings. The van der Waals surface area contributed by atoms with Gasteiger partial charge in [0.05, 0.1) is 0 Å². The highest BCUT2D eigenvalue weighted by Gasteiger charge is 2.14. The summed E-state index contributed by atoms with van der Waals surface area (Å²) in [6, 6.07) is -0.0910. The van der Waals surface area contributed by atoms with Crippen LogP contribution in [0, 0.1) is 0 Å². The zero-order chi connectivity index (χ0) is 14.6. The molecule has 0 aromatic carbocycles. The first-order chi connectivity index (χ1) is 9.68. The molecule has 1 unspecified atom stereocenters. The fourth-order valence-corrected chi connectivity index (χ4v) is 4.49. The van der Waals surface area contributed by atoms with Gasteiger partial charge in [0.15, 0.2) is 0 Å². The summed E-state index contributed by atoms with van der Waals surface area (Å²) in [5.74, 6) is 2.78. The summed E-state index contributed by atoms with van der Waals surface area (Å²) < 4.78 is 0. The van der Waals surface area contributed by atoms with Gasteiger partial charge in [0.1, 0.15) is 0 Å². The third kappa shape index (κ3) is 9.36. The number of carbonyl (C=O) groups excluding carboxylic acids is 1. The SMILES string of the molecule is O=C(O)CCCCCCNC(=O)NCC1CSCCS1. The second-order valence-electron chi connectivity index (χ2n) is 4.76.